The van der Waals surface area contributed by atoms with Gasteiger partial charge < -0.3 is 10.6 Å². The van der Waals surface area contributed by atoms with Crippen molar-refractivity contribution < 1.29 is 9.59 Å². The van der Waals surface area contributed by atoms with E-state index < -0.39 is 5.92 Å². The number of anilines is 1. The number of nitriles is 1. The molecular weight excluding hydrogens is 442 g/mol. The number of aryl methyl sites for hydroxylation is 2. The van der Waals surface area contributed by atoms with E-state index in [0.717, 1.165) is 22.4 Å². The SMILES string of the molecule is CC(=O)C1=C(C)NC(SCC(=O)Nc2cc(C)cc(C)c2)=C(C#N)[C@H]1c1ccc(Cl)cc1. The van der Waals surface area contributed by atoms with E-state index in [1.165, 1.54) is 18.7 Å². The third-order valence-corrected chi connectivity index (χ3v) is 6.35. The molecule has 1 aliphatic rings. The molecule has 0 aromatic heterocycles. The maximum absolute atomic E-state index is 12.6. The quantitative estimate of drug-likeness (QED) is 0.579. The van der Waals surface area contributed by atoms with Crippen molar-refractivity contribution in [3.63, 3.8) is 0 Å². The van der Waals surface area contributed by atoms with Crippen molar-refractivity contribution in [2.45, 2.75) is 33.6 Å². The Bertz CT molecular complexity index is 1160. The second-order valence-corrected chi connectivity index (χ2v) is 9.19. The Balaban J connectivity index is 1.86. The maximum atomic E-state index is 12.6. The Morgan fingerprint density at radius 1 is 1.12 bits per heavy atom. The molecule has 0 fully saturated rings. The van der Waals surface area contributed by atoms with Gasteiger partial charge in [-0.25, -0.2) is 0 Å². The average Bonchev–Trinajstić information content (AvgIpc) is 2.71. The third kappa shape index (κ3) is 5.42. The minimum Gasteiger partial charge on any atom is -0.353 e. The van der Waals surface area contributed by atoms with E-state index in [1.807, 2.05) is 51.1 Å². The predicted molar refractivity (Wildman–Crippen MR) is 130 cm³/mol. The monoisotopic (exact) mass is 465 g/mol. The molecule has 7 heteroatoms. The van der Waals surface area contributed by atoms with E-state index in [1.54, 1.807) is 12.1 Å². The van der Waals surface area contributed by atoms with E-state index in [-0.39, 0.29) is 17.4 Å². The van der Waals surface area contributed by atoms with Gasteiger partial charge in [-0.3, -0.25) is 9.59 Å². The number of ketones is 1. The summed E-state index contributed by atoms with van der Waals surface area (Å²) in [7, 11) is 0. The standard InChI is InChI=1S/C25H24ClN3O2S/c1-14-9-15(2)11-20(10-14)29-22(31)13-32-25-21(12-27)24(18-5-7-19(26)8-6-18)23(17(4)30)16(3)28-25/h5-11,24,28H,13H2,1-4H3,(H,29,31)/t24-/m1/s1. The fourth-order valence-electron chi connectivity index (χ4n) is 3.86. The minimum absolute atomic E-state index is 0.112. The van der Waals surface area contributed by atoms with Crippen LogP contribution >= 0.6 is 23.4 Å². The molecule has 2 aromatic rings. The van der Waals surface area contributed by atoms with Crippen LogP contribution in [0.15, 0.2) is 64.3 Å². The van der Waals surface area contributed by atoms with Crippen LogP contribution in [0.2, 0.25) is 5.02 Å². The van der Waals surface area contributed by atoms with E-state index in [0.29, 0.717) is 26.9 Å². The first-order valence-corrected chi connectivity index (χ1v) is 11.5. The van der Waals surface area contributed by atoms with Crippen LogP contribution in [0.5, 0.6) is 0 Å². The van der Waals surface area contributed by atoms with Gasteiger partial charge in [0.1, 0.15) is 0 Å². The summed E-state index contributed by atoms with van der Waals surface area (Å²) in [5.74, 6) is -0.676. The fraction of sp³-hybridized carbons (Fsp3) is 0.240. The van der Waals surface area contributed by atoms with Crippen molar-refractivity contribution >= 4 is 40.7 Å². The lowest BCUT2D eigenvalue weighted by molar-refractivity contribution is -0.114. The van der Waals surface area contributed by atoms with E-state index >= 15 is 0 Å². The van der Waals surface area contributed by atoms with Gasteiger partial charge in [-0.2, -0.15) is 5.26 Å². The lowest BCUT2D eigenvalue weighted by Crippen LogP contribution is -2.27. The Hall–Kier alpha value is -3.01. The molecule has 0 bridgehead atoms. The summed E-state index contributed by atoms with van der Waals surface area (Å²) in [4.78, 5) is 25.0. The van der Waals surface area contributed by atoms with Gasteiger partial charge in [-0.05, 0) is 68.7 Å². The van der Waals surface area contributed by atoms with Gasteiger partial charge in [-0.15, -0.1) is 0 Å². The molecule has 2 N–H and O–H groups in total. The summed E-state index contributed by atoms with van der Waals surface area (Å²) >= 11 is 7.28. The number of rotatable bonds is 6. The van der Waals surface area contributed by atoms with Crippen LogP contribution in [-0.4, -0.2) is 17.4 Å². The molecule has 0 radical (unpaired) electrons. The number of hydrogen-bond acceptors (Lipinski definition) is 5. The number of nitrogens with zero attached hydrogens (tertiary/aromatic N) is 1. The number of thioether (sulfide) groups is 1. The molecule has 1 heterocycles. The van der Waals surface area contributed by atoms with Gasteiger partial charge in [0.15, 0.2) is 5.78 Å². The first-order valence-electron chi connectivity index (χ1n) is 10.1. The number of carbonyl (C=O) groups excluding carboxylic acids is 2. The Morgan fingerprint density at radius 2 is 1.75 bits per heavy atom. The highest BCUT2D eigenvalue weighted by molar-refractivity contribution is 8.03. The Kier molecular flexibility index (Phi) is 7.44. The molecule has 164 valence electrons. The van der Waals surface area contributed by atoms with Gasteiger partial charge in [0, 0.05) is 22.0 Å². The summed E-state index contributed by atoms with van der Waals surface area (Å²) in [6.45, 7) is 7.26. The maximum Gasteiger partial charge on any atom is 0.234 e. The zero-order valence-electron chi connectivity index (χ0n) is 18.4. The molecule has 0 aliphatic carbocycles. The van der Waals surface area contributed by atoms with Crippen LogP contribution in [0.25, 0.3) is 0 Å². The molecule has 0 unspecified atom stereocenters. The van der Waals surface area contributed by atoms with Crippen molar-refractivity contribution in [3.05, 3.63) is 86.0 Å². The number of halogens is 1. The van der Waals surface area contributed by atoms with Crippen LogP contribution in [0.1, 0.15) is 36.5 Å². The van der Waals surface area contributed by atoms with Crippen molar-refractivity contribution in [1.82, 2.24) is 5.32 Å². The van der Waals surface area contributed by atoms with Crippen molar-refractivity contribution in [1.29, 1.82) is 5.26 Å². The molecule has 0 saturated carbocycles. The molecule has 1 aliphatic heterocycles. The molecule has 0 saturated heterocycles. The Morgan fingerprint density at radius 3 is 2.31 bits per heavy atom. The molecule has 0 spiro atoms. The van der Waals surface area contributed by atoms with Crippen LogP contribution in [0.3, 0.4) is 0 Å². The second-order valence-electron chi connectivity index (χ2n) is 7.77. The van der Waals surface area contributed by atoms with Crippen molar-refractivity contribution in [2.75, 3.05) is 11.1 Å². The number of allylic oxidation sites excluding steroid dienone is 3. The zero-order valence-corrected chi connectivity index (χ0v) is 19.9. The predicted octanol–water partition coefficient (Wildman–Crippen LogP) is 5.61. The van der Waals surface area contributed by atoms with E-state index in [9.17, 15) is 14.9 Å². The van der Waals surface area contributed by atoms with Crippen LogP contribution in [-0.2, 0) is 9.59 Å². The average molecular weight is 466 g/mol. The van der Waals surface area contributed by atoms with Crippen molar-refractivity contribution in [2.24, 2.45) is 0 Å². The van der Waals surface area contributed by atoms with E-state index in [2.05, 4.69) is 16.7 Å². The summed E-state index contributed by atoms with van der Waals surface area (Å²) in [6, 6.07) is 15.2. The first-order chi connectivity index (χ1) is 15.2. The molecule has 32 heavy (non-hydrogen) atoms. The Labute approximate surface area is 197 Å². The summed E-state index contributed by atoms with van der Waals surface area (Å²) in [5.41, 5.74) is 5.30. The van der Waals surface area contributed by atoms with Crippen LogP contribution in [0, 0.1) is 25.2 Å². The number of hydrogen-bond donors (Lipinski definition) is 2. The number of nitrogens with one attached hydrogen (secondary N) is 2. The van der Waals surface area contributed by atoms with E-state index in [4.69, 9.17) is 11.6 Å². The fourth-order valence-corrected chi connectivity index (χ4v) is 4.88. The van der Waals surface area contributed by atoms with Crippen LogP contribution in [0.4, 0.5) is 5.69 Å². The highest BCUT2D eigenvalue weighted by Gasteiger charge is 2.33. The number of Topliss-reactive ketones (excluding diaryl/α,β-unsaturated/α-hetero) is 1. The van der Waals surface area contributed by atoms with Crippen molar-refractivity contribution in [3.8, 4) is 6.07 Å². The molecule has 1 atom stereocenters. The molecule has 3 rings (SSSR count). The molecule has 1 amide bonds. The van der Waals surface area contributed by atoms with Gasteiger partial charge in [-0.1, -0.05) is 41.6 Å². The smallest absolute Gasteiger partial charge is 0.234 e. The largest absolute Gasteiger partial charge is 0.353 e. The van der Waals surface area contributed by atoms with Crippen LogP contribution < -0.4 is 10.6 Å². The molecular formula is C25H24ClN3O2S. The minimum atomic E-state index is -0.513. The highest BCUT2D eigenvalue weighted by atomic mass is 35.5. The molecule has 5 nitrogen and oxygen atoms in total. The highest BCUT2D eigenvalue weighted by Crippen LogP contribution is 2.41. The first kappa shape index (κ1) is 23.6. The van der Waals surface area contributed by atoms with Gasteiger partial charge >= 0.3 is 0 Å². The molecule has 2 aromatic carbocycles. The zero-order chi connectivity index (χ0) is 23.4. The summed E-state index contributed by atoms with van der Waals surface area (Å²) in [5, 5.41) is 17.2. The third-order valence-electron chi connectivity index (χ3n) is 5.08. The van der Waals surface area contributed by atoms with Gasteiger partial charge in [0.2, 0.25) is 5.91 Å². The number of carbonyl (C=O) groups is 2. The number of benzene rings is 2. The lowest BCUT2D eigenvalue weighted by Gasteiger charge is -2.29. The van der Waals surface area contributed by atoms with Gasteiger partial charge in [0.25, 0.3) is 0 Å². The lowest BCUT2D eigenvalue weighted by atomic mass is 9.81. The normalized spacial score (nSPS) is 15.8. The van der Waals surface area contributed by atoms with Gasteiger partial charge in [0.05, 0.1) is 28.3 Å². The number of amides is 1. The topological polar surface area (TPSA) is 82.0 Å². The summed E-state index contributed by atoms with van der Waals surface area (Å²) < 4.78 is 0. The summed E-state index contributed by atoms with van der Waals surface area (Å²) in [6.07, 6.45) is 0. The second kappa shape index (κ2) is 10.1. The number of dihydropyridines is 1.